The molecule has 0 aliphatic carbocycles. The van der Waals surface area contributed by atoms with Crippen LogP contribution in [-0.2, 0) is 4.74 Å². The Kier molecular flexibility index (Phi) is 5.13. The highest BCUT2D eigenvalue weighted by atomic mass is 35.5. The summed E-state index contributed by atoms with van der Waals surface area (Å²) in [4.78, 5) is 20.5. The Morgan fingerprint density at radius 2 is 2.04 bits per heavy atom. The average molecular weight is 369 g/mol. The highest BCUT2D eigenvalue weighted by Gasteiger charge is 2.26. The lowest BCUT2D eigenvalue weighted by Gasteiger charge is -2.33. The van der Waals surface area contributed by atoms with Crippen molar-refractivity contribution in [1.29, 1.82) is 0 Å². The molecule has 2 aromatic rings. The van der Waals surface area contributed by atoms with Crippen molar-refractivity contribution in [2.45, 2.75) is 6.92 Å². The van der Waals surface area contributed by atoms with Gasteiger partial charge in [0.05, 0.1) is 61.1 Å². The average Bonchev–Trinajstić information content (AvgIpc) is 2.58. The summed E-state index contributed by atoms with van der Waals surface area (Å²) in [5, 5.41) is 1.69. The summed E-state index contributed by atoms with van der Waals surface area (Å²) in [6.45, 7) is 5.85. The van der Waals surface area contributed by atoms with Gasteiger partial charge >= 0.3 is 5.97 Å². The number of anilines is 1. The number of nitrogens with one attached hydrogen (secondary N) is 1. The molecule has 5 nitrogen and oxygen atoms in total. The van der Waals surface area contributed by atoms with E-state index in [4.69, 9.17) is 27.9 Å². The first kappa shape index (κ1) is 17.3. The molecule has 2 heterocycles. The lowest BCUT2D eigenvalue weighted by atomic mass is 10.1. The van der Waals surface area contributed by atoms with Crippen LogP contribution in [0.1, 0.15) is 17.3 Å². The first-order valence-corrected chi connectivity index (χ1v) is 8.78. The topological polar surface area (TPSA) is 46.9 Å². The first-order chi connectivity index (χ1) is 11.5. The minimum absolute atomic E-state index is 0.324. The number of rotatable bonds is 3. The van der Waals surface area contributed by atoms with E-state index in [2.05, 4.69) is 16.9 Å². The SMILES string of the molecule is CCOC(=O)c1cnc2c(Cl)c(Cl)ccc2c1N1CC[NH+](C)CC1. The number of nitrogens with zero attached hydrogens (tertiary/aromatic N) is 2. The normalized spacial score (nSPS) is 15.8. The number of hydrogen-bond donors (Lipinski definition) is 1. The summed E-state index contributed by atoms with van der Waals surface area (Å²) >= 11 is 12.4. The quantitative estimate of drug-likeness (QED) is 0.842. The second kappa shape index (κ2) is 7.13. The van der Waals surface area contributed by atoms with Crippen molar-refractivity contribution in [2.24, 2.45) is 0 Å². The standard InChI is InChI=1S/C17H19Cl2N3O2/c1-3-24-17(23)12-10-20-15-11(4-5-13(18)14(15)19)16(12)22-8-6-21(2)7-9-22/h4-5,10H,3,6-9H2,1-2H3/p+1. The van der Waals surface area contributed by atoms with Gasteiger partial charge < -0.3 is 14.5 Å². The predicted molar refractivity (Wildman–Crippen MR) is 96.6 cm³/mol. The van der Waals surface area contributed by atoms with Crippen LogP contribution in [0.2, 0.25) is 10.0 Å². The Morgan fingerprint density at radius 1 is 1.33 bits per heavy atom. The third kappa shape index (κ3) is 3.16. The van der Waals surface area contributed by atoms with Gasteiger partial charge in [-0.05, 0) is 19.1 Å². The van der Waals surface area contributed by atoms with Gasteiger partial charge in [0.2, 0.25) is 0 Å². The van der Waals surface area contributed by atoms with Crippen molar-refractivity contribution in [1.82, 2.24) is 4.98 Å². The van der Waals surface area contributed by atoms with E-state index >= 15 is 0 Å². The molecule has 0 radical (unpaired) electrons. The molecule has 0 atom stereocenters. The molecule has 0 spiro atoms. The van der Waals surface area contributed by atoms with Crippen molar-refractivity contribution >= 4 is 45.8 Å². The highest BCUT2D eigenvalue weighted by Crippen LogP contribution is 2.36. The molecule has 0 bridgehead atoms. The number of halogens is 2. The molecule has 1 aliphatic rings. The van der Waals surface area contributed by atoms with Crippen LogP contribution in [0.3, 0.4) is 0 Å². The largest absolute Gasteiger partial charge is 0.462 e. The Balaban J connectivity index is 2.18. The first-order valence-electron chi connectivity index (χ1n) is 8.03. The number of quaternary nitrogens is 1. The van der Waals surface area contributed by atoms with Crippen LogP contribution >= 0.6 is 23.2 Å². The molecule has 3 rings (SSSR count). The molecule has 7 heteroatoms. The third-order valence-corrected chi connectivity index (χ3v) is 5.12. The Morgan fingerprint density at radius 3 is 2.71 bits per heavy atom. The molecular weight excluding hydrogens is 349 g/mol. The molecule has 0 amide bonds. The summed E-state index contributed by atoms with van der Waals surface area (Å²) in [6.07, 6.45) is 1.54. The van der Waals surface area contributed by atoms with Crippen molar-refractivity contribution in [2.75, 3.05) is 44.7 Å². The van der Waals surface area contributed by atoms with Crippen LogP contribution in [0, 0.1) is 0 Å². The zero-order chi connectivity index (χ0) is 17.3. The maximum absolute atomic E-state index is 12.4. The van der Waals surface area contributed by atoms with Gasteiger partial charge in [0.15, 0.2) is 0 Å². The zero-order valence-corrected chi connectivity index (χ0v) is 15.2. The molecule has 1 N–H and O–H groups in total. The smallest absolute Gasteiger partial charge is 0.341 e. The van der Waals surface area contributed by atoms with Gasteiger partial charge in [0.1, 0.15) is 5.56 Å². The maximum Gasteiger partial charge on any atom is 0.341 e. The highest BCUT2D eigenvalue weighted by molar-refractivity contribution is 6.45. The monoisotopic (exact) mass is 368 g/mol. The van der Waals surface area contributed by atoms with Gasteiger partial charge in [-0.3, -0.25) is 4.98 Å². The predicted octanol–water partition coefficient (Wildman–Crippen LogP) is 2.05. The fourth-order valence-electron chi connectivity index (χ4n) is 3.00. The molecule has 128 valence electrons. The van der Waals surface area contributed by atoms with Gasteiger partial charge in [-0.1, -0.05) is 23.2 Å². The molecule has 1 saturated heterocycles. The van der Waals surface area contributed by atoms with Crippen molar-refractivity contribution in [3.05, 3.63) is 33.9 Å². The lowest BCUT2D eigenvalue weighted by Crippen LogP contribution is -3.12. The van der Waals surface area contributed by atoms with E-state index in [9.17, 15) is 4.79 Å². The number of ether oxygens (including phenoxy) is 1. The van der Waals surface area contributed by atoms with Crippen LogP contribution in [0.15, 0.2) is 18.3 Å². The number of aromatic nitrogens is 1. The van der Waals surface area contributed by atoms with Gasteiger partial charge in [0.25, 0.3) is 0 Å². The molecule has 0 saturated carbocycles. The number of carbonyl (C=O) groups is 1. The van der Waals surface area contributed by atoms with Crippen LogP contribution in [-0.4, -0.2) is 50.8 Å². The van der Waals surface area contributed by atoms with E-state index in [1.807, 2.05) is 6.07 Å². The Bertz CT molecular complexity index is 774. The van der Waals surface area contributed by atoms with Crippen molar-refractivity contribution < 1.29 is 14.4 Å². The van der Waals surface area contributed by atoms with Gasteiger partial charge in [-0.25, -0.2) is 4.79 Å². The van der Waals surface area contributed by atoms with Gasteiger partial charge in [0, 0.05) is 11.6 Å². The van der Waals surface area contributed by atoms with E-state index in [-0.39, 0.29) is 5.97 Å². The maximum atomic E-state index is 12.4. The van der Waals surface area contributed by atoms with E-state index in [1.54, 1.807) is 19.2 Å². The van der Waals surface area contributed by atoms with Crippen LogP contribution in [0.5, 0.6) is 0 Å². The minimum atomic E-state index is -0.362. The lowest BCUT2D eigenvalue weighted by molar-refractivity contribution is -0.880. The van der Waals surface area contributed by atoms with Crippen molar-refractivity contribution in [3.63, 3.8) is 0 Å². The Hall–Kier alpha value is -1.56. The number of esters is 1. The Labute approximate surface area is 151 Å². The number of benzene rings is 1. The number of likely N-dealkylation sites (N-methyl/N-ethyl adjacent to an activating group) is 1. The fraction of sp³-hybridized carbons (Fsp3) is 0.412. The number of pyridine rings is 1. The number of fused-ring (bicyclic) bond motifs is 1. The molecule has 24 heavy (non-hydrogen) atoms. The van der Waals surface area contributed by atoms with Crippen LogP contribution in [0.25, 0.3) is 10.9 Å². The molecular formula is C17H20Cl2N3O2+. The summed E-state index contributed by atoms with van der Waals surface area (Å²) in [6, 6.07) is 3.62. The van der Waals surface area contributed by atoms with Gasteiger partial charge in [-0.15, -0.1) is 0 Å². The summed E-state index contributed by atoms with van der Waals surface area (Å²) in [5.74, 6) is -0.362. The second-order valence-corrected chi connectivity index (χ2v) is 6.73. The van der Waals surface area contributed by atoms with Crippen molar-refractivity contribution in [3.8, 4) is 0 Å². The minimum Gasteiger partial charge on any atom is -0.462 e. The van der Waals surface area contributed by atoms with E-state index in [0.717, 1.165) is 37.3 Å². The van der Waals surface area contributed by atoms with Crippen LogP contribution in [0.4, 0.5) is 5.69 Å². The summed E-state index contributed by atoms with van der Waals surface area (Å²) in [5.41, 5.74) is 1.92. The number of piperazine rings is 1. The third-order valence-electron chi connectivity index (χ3n) is 4.33. The molecule has 1 fully saturated rings. The molecule has 1 aromatic heterocycles. The zero-order valence-electron chi connectivity index (χ0n) is 13.7. The van der Waals surface area contributed by atoms with Gasteiger partial charge in [-0.2, -0.15) is 0 Å². The van der Waals surface area contributed by atoms with E-state index < -0.39 is 0 Å². The fourth-order valence-corrected chi connectivity index (χ4v) is 3.37. The molecule has 1 aromatic carbocycles. The number of hydrogen-bond acceptors (Lipinski definition) is 4. The van der Waals surface area contributed by atoms with E-state index in [0.29, 0.717) is 27.7 Å². The second-order valence-electron chi connectivity index (χ2n) is 5.94. The van der Waals surface area contributed by atoms with E-state index in [1.165, 1.54) is 4.90 Å². The van der Waals surface area contributed by atoms with Crippen LogP contribution < -0.4 is 9.80 Å². The molecule has 1 aliphatic heterocycles. The number of carbonyl (C=O) groups excluding carboxylic acids is 1. The summed E-state index contributed by atoms with van der Waals surface area (Å²) in [7, 11) is 2.17. The molecule has 0 unspecified atom stereocenters. The summed E-state index contributed by atoms with van der Waals surface area (Å²) < 4.78 is 5.21.